The number of nitro benzene ring substituents is 1. The molecule has 0 atom stereocenters. The van der Waals surface area contributed by atoms with Crippen LogP contribution >= 0.6 is 0 Å². The molecule has 30 heavy (non-hydrogen) atoms. The number of nitrogens with zero attached hydrogens (tertiary/aromatic N) is 2. The third kappa shape index (κ3) is 4.88. The predicted octanol–water partition coefficient (Wildman–Crippen LogP) is 4.22. The highest BCUT2D eigenvalue weighted by Gasteiger charge is 2.22. The minimum absolute atomic E-state index is 0.112. The van der Waals surface area contributed by atoms with Crippen molar-refractivity contribution < 1.29 is 19.2 Å². The average molecular weight is 404 g/mol. The number of esters is 1. The molecule has 0 heterocycles. The maximum absolute atomic E-state index is 12.9. The standard InChI is InChI=1S/C23H20N2O5/c1-24(15-17-9-3-2-4-10-17)22(26)19-12-6-7-13-20(19)23(27)30-16-18-11-5-8-14-21(18)25(28)29/h2-14H,15-16H2,1H3. The van der Waals surface area contributed by atoms with E-state index in [0.29, 0.717) is 6.54 Å². The Morgan fingerprint density at radius 1 is 0.900 bits per heavy atom. The van der Waals surface area contributed by atoms with Gasteiger partial charge in [-0.25, -0.2) is 4.79 Å². The summed E-state index contributed by atoms with van der Waals surface area (Å²) in [5.41, 5.74) is 1.44. The summed E-state index contributed by atoms with van der Waals surface area (Å²) in [6, 6.07) is 21.9. The smallest absolute Gasteiger partial charge is 0.339 e. The predicted molar refractivity (Wildman–Crippen MR) is 111 cm³/mol. The van der Waals surface area contributed by atoms with Crippen LogP contribution in [-0.2, 0) is 17.9 Å². The Morgan fingerprint density at radius 3 is 2.20 bits per heavy atom. The van der Waals surface area contributed by atoms with E-state index in [1.165, 1.54) is 23.1 Å². The normalized spacial score (nSPS) is 10.3. The Kier molecular flexibility index (Phi) is 6.54. The van der Waals surface area contributed by atoms with Crippen LogP contribution in [0.4, 0.5) is 5.69 Å². The molecular weight excluding hydrogens is 384 g/mol. The van der Waals surface area contributed by atoms with Gasteiger partial charge in [-0.15, -0.1) is 0 Å². The van der Waals surface area contributed by atoms with Crippen molar-refractivity contribution in [2.45, 2.75) is 13.2 Å². The number of ether oxygens (including phenoxy) is 1. The van der Waals surface area contributed by atoms with Crippen LogP contribution in [0.5, 0.6) is 0 Å². The van der Waals surface area contributed by atoms with Crippen LogP contribution in [0.25, 0.3) is 0 Å². The number of carbonyl (C=O) groups excluding carboxylic acids is 2. The van der Waals surface area contributed by atoms with E-state index in [1.54, 1.807) is 37.4 Å². The second-order valence-corrected chi connectivity index (χ2v) is 6.65. The lowest BCUT2D eigenvalue weighted by molar-refractivity contribution is -0.385. The Balaban J connectivity index is 1.75. The van der Waals surface area contributed by atoms with E-state index in [-0.39, 0.29) is 34.9 Å². The van der Waals surface area contributed by atoms with Crippen molar-refractivity contribution in [1.82, 2.24) is 4.90 Å². The van der Waals surface area contributed by atoms with Gasteiger partial charge in [-0.05, 0) is 23.8 Å². The molecule has 152 valence electrons. The Morgan fingerprint density at radius 2 is 1.50 bits per heavy atom. The van der Waals surface area contributed by atoms with E-state index in [4.69, 9.17) is 4.74 Å². The fraction of sp³-hybridized carbons (Fsp3) is 0.130. The second kappa shape index (κ2) is 9.47. The molecule has 3 aromatic carbocycles. The van der Waals surface area contributed by atoms with Crippen LogP contribution in [0, 0.1) is 10.1 Å². The van der Waals surface area contributed by atoms with Gasteiger partial charge in [0, 0.05) is 19.7 Å². The Hall–Kier alpha value is -4.00. The van der Waals surface area contributed by atoms with Crippen molar-refractivity contribution >= 4 is 17.6 Å². The zero-order valence-electron chi connectivity index (χ0n) is 16.4. The molecule has 0 aliphatic heterocycles. The summed E-state index contributed by atoms with van der Waals surface area (Å²) in [6.07, 6.45) is 0. The number of amides is 1. The SMILES string of the molecule is CN(Cc1ccccc1)C(=O)c1ccccc1C(=O)OCc1ccccc1[N+](=O)[O-]. The first-order valence-electron chi connectivity index (χ1n) is 9.25. The van der Waals surface area contributed by atoms with Gasteiger partial charge in [-0.2, -0.15) is 0 Å². The molecule has 0 aromatic heterocycles. The zero-order valence-corrected chi connectivity index (χ0v) is 16.4. The number of para-hydroxylation sites is 1. The average Bonchev–Trinajstić information content (AvgIpc) is 2.77. The molecule has 0 fully saturated rings. The quantitative estimate of drug-likeness (QED) is 0.334. The third-order valence-electron chi connectivity index (χ3n) is 4.53. The molecule has 3 aromatic rings. The maximum atomic E-state index is 12.9. The molecule has 3 rings (SSSR count). The lowest BCUT2D eigenvalue weighted by atomic mass is 10.1. The molecule has 0 bridgehead atoms. The van der Waals surface area contributed by atoms with Crippen LogP contribution in [0.3, 0.4) is 0 Å². The van der Waals surface area contributed by atoms with Gasteiger partial charge in [0.1, 0.15) is 6.61 Å². The summed E-state index contributed by atoms with van der Waals surface area (Å²) in [4.78, 5) is 37.7. The van der Waals surface area contributed by atoms with Crippen LogP contribution in [0.2, 0.25) is 0 Å². The number of hydrogen-bond donors (Lipinski definition) is 0. The largest absolute Gasteiger partial charge is 0.457 e. The number of hydrogen-bond acceptors (Lipinski definition) is 5. The van der Waals surface area contributed by atoms with Crippen molar-refractivity contribution in [3.63, 3.8) is 0 Å². The minimum atomic E-state index is -0.717. The van der Waals surface area contributed by atoms with Gasteiger partial charge in [-0.1, -0.05) is 54.6 Å². The molecule has 7 nitrogen and oxygen atoms in total. The van der Waals surface area contributed by atoms with E-state index in [9.17, 15) is 19.7 Å². The first-order chi connectivity index (χ1) is 14.5. The van der Waals surface area contributed by atoms with Gasteiger partial charge in [0.25, 0.3) is 11.6 Å². The topological polar surface area (TPSA) is 89.8 Å². The van der Waals surface area contributed by atoms with Crippen LogP contribution < -0.4 is 0 Å². The van der Waals surface area contributed by atoms with Gasteiger partial charge >= 0.3 is 5.97 Å². The van der Waals surface area contributed by atoms with Crippen molar-refractivity contribution in [3.8, 4) is 0 Å². The number of nitro groups is 1. The van der Waals surface area contributed by atoms with Crippen molar-refractivity contribution in [2.75, 3.05) is 7.05 Å². The lowest BCUT2D eigenvalue weighted by Crippen LogP contribution is -2.28. The molecule has 7 heteroatoms. The fourth-order valence-corrected chi connectivity index (χ4v) is 3.01. The summed E-state index contributed by atoms with van der Waals surface area (Å²) in [6.45, 7) is 0.123. The second-order valence-electron chi connectivity index (χ2n) is 6.65. The van der Waals surface area contributed by atoms with Crippen LogP contribution in [-0.4, -0.2) is 28.7 Å². The van der Waals surface area contributed by atoms with E-state index in [2.05, 4.69) is 0 Å². The first kappa shape index (κ1) is 20.7. The van der Waals surface area contributed by atoms with Crippen LogP contribution in [0.15, 0.2) is 78.9 Å². The Bertz CT molecular complexity index is 1070. The maximum Gasteiger partial charge on any atom is 0.339 e. The highest BCUT2D eigenvalue weighted by atomic mass is 16.6. The molecule has 0 radical (unpaired) electrons. The van der Waals surface area contributed by atoms with E-state index >= 15 is 0 Å². The number of rotatable bonds is 7. The van der Waals surface area contributed by atoms with Crippen molar-refractivity contribution in [3.05, 3.63) is 111 Å². The van der Waals surface area contributed by atoms with Crippen molar-refractivity contribution in [1.29, 1.82) is 0 Å². The number of benzene rings is 3. The zero-order chi connectivity index (χ0) is 21.5. The molecule has 0 aliphatic rings. The van der Waals surface area contributed by atoms with E-state index < -0.39 is 10.9 Å². The van der Waals surface area contributed by atoms with Gasteiger partial charge in [-0.3, -0.25) is 14.9 Å². The summed E-state index contributed by atoms with van der Waals surface area (Å²) in [5, 5.41) is 11.1. The van der Waals surface area contributed by atoms with Gasteiger partial charge in [0.05, 0.1) is 21.6 Å². The summed E-state index contributed by atoms with van der Waals surface area (Å²) < 4.78 is 5.28. The highest BCUT2D eigenvalue weighted by molar-refractivity contribution is 6.05. The summed E-state index contributed by atoms with van der Waals surface area (Å²) in [5.74, 6) is -1.04. The van der Waals surface area contributed by atoms with E-state index in [0.717, 1.165) is 5.56 Å². The summed E-state index contributed by atoms with van der Waals surface area (Å²) in [7, 11) is 1.66. The minimum Gasteiger partial charge on any atom is -0.457 e. The molecule has 0 aliphatic carbocycles. The number of carbonyl (C=O) groups is 2. The molecule has 0 saturated carbocycles. The fourth-order valence-electron chi connectivity index (χ4n) is 3.01. The molecule has 0 N–H and O–H groups in total. The van der Waals surface area contributed by atoms with E-state index in [1.807, 2.05) is 30.3 Å². The molecule has 0 unspecified atom stereocenters. The molecular formula is C23H20N2O5. The molecule has 0 spiro atoms. The first-order valence-corrected chi connectivity index (χ1v) is 9.25. The summed E-state index contributed by atoms with van der Waals surface area (Å²) >= 11 is 0. The van der Waals surface area contributed by atoms with Crippen LogP contribution in [0.1, 0.15) is 31.8 Å². The van der Waals surface area contributed by atoms with Gasteiger partial charge < -0.3 is 9.64 Å². The molecule has 1 amide bonds. The molecule has 0 saturated heterocycles. The monoisotopic (exact) mass is 404 g/mol. The third-order valence-corrected chi connectivity index (χ3v) is 4.53. The highest BCUT2D eigenvalue weighted by Crippen LogP contribution is 2.20. The Labute approximate surface area is 173 Å². The van der Waals surface area contributed by atoms with Crippen molar-refractivity contribution in [2.24, 2.45) is 0 Å². The van der Waals surface area contributed by atoms with Gasteiger partial charge in [0.15, 0.2) is 0 Å². The lowest BCUT2D eigenvalue weighted by Gasteiger charge is -2.19. The van der Waals surface area contributed by atoms with Gasteiger partial charge in [0.2, 0.25) is 0 Å².